The Morgan fingerprint density at radius 3 is 2.89 bits per heavy atom. The van der Waals surface area contributed by atoms with E-state index in [-0.39, 0.29) is 6.04 Å². The Labute approximate surface area is 122 Å². The van der Waals surface area contributed by atoms with Gasteiger partial charge in [-0.2, -0.15) is 0 Å². The summed E-state index contributed by atoms with van der Waals surface area (Å²) in [5.74, 6) is 1.70. The molecule has 1 aromatic heterocycles. The van der Waals surface area contributed by atoms with Gasteiger partial charge >= 0.3 is 0 Å². The van der Waals surface area contributed by atoms with E-state index >= 15 is 0 Å². The molecule has 0 saturated carbocycles. The zero-order valence-electron chi connectivity index (χ0n) is 11.2. The average molecular weight is 324 g/mol. The summed E-state index contributed by atoms with van der Waals surface area (Å²) >= 11 is 3.48. The fourth-order valence-electron chi connectivity index (χ4n) is 1.95. The number of hydrogen-bond donors (Lipinski definition) is 1. The van der Waals surface area contributed by atoms with Crippen LogP contribution in [0.4, 0.5) is 0 Å². The summed E-state index contributed by atoms with van der Waals surface area (Å²) in [4.78, 5) is 0. The van der Waals surface area contributed by atoms with Gasteiger partial charge in [-0.3, -0.25) is 0 Å². The molecule has 2 aromatic rings. The van der Waals surface area contributed by atoms with Crippen LogP contribution in [0.5, 0.6) is 5.75 Å². The predicted molar refractivity (Wildman–Crippen MR) is 79.3 cm³/mol. The molecule has 0 fully saturated rings. The normalized spacial score (nSPS) is 12.4. The van der Waals surface area contributed by atoms with Gasteiger partial charge in [0, 0.05) is 16.1 Å². The second kappa shape index (κ2) is 6.78. The fourth-order valence-corrected chi connectivity index (χ4v) is 2.29. The highest BCUT2D eigenvalue weighted by Crippen LogP contribution is 2.29. The van der Waals surface area contributed by atoms with Gasteiger partial charge in [0.05, 0.1) is 6.26 Å². The van der Waals surface area contributed by atoms with Crippen LogP contribution in [0, 0.1) is 0 Å². The highest BCUT2D eigenvalue weighted by molar-refractivity contribution is 9.10. The molecule has 0 saturated heterocycles. The van der Waals surface area contributed by atoms with Crippen molar-refractivity contribution in [2.75, 3.05) is 6.54 Å². The predicted octanol–water partition coefficient (Wildman–Crippen LogP) is 4.29. The van der Waals surface area contributed by atoms with Crippen LogP contribution in [0.2, 0.25) is 0 Å². The number of furan rings is 1. The molecule has 0 amide bonds. The van der Waals surface area contributed by atoms with Gasteiger partial charge in [0.15, 0.2) is 0 Å². The SMILES string of the molecule is CCNC(C)c1ccc(Br)cc1OCc1ccco1. The van der Waals surface area contributed by atoms with E-state index in [1.165, 1.54) is 0 Å². The van der Waals surface area contributed by atoms with Gasteiger partial charge in [-0.1, -0.05) is 28.9 Å². The van der Waals surface area contributed by atoms with Gasteiger partial charge < -0.3 is 14.5 Å². The summed E-state index contributed by atoms with van der Waals surface area (Å²) < 4.78 is 12.2. The maximum Gasteiger partial charge on any atom is 0.146 e. The third-order valence-corrected chi connectivity index (χ3v) is 3.40. The molecule has 1 heterocycles. The standard InChI is InChI=1S/C15H18BrNO2/c1-3-17-11(2)14-7-6-12(16)9-15(14)19-10-13-5-4-8-18-13/h4-9,11,17H,3,10H2,1-2H3. The Bertz CT molecular complexity index is 511. The molecule has 3 nitrogen and oxygen atoms in total. The van der Waals surface area contributed by atoms with Gasteiger partial charge in [0.2, 0.25) is 0 Å². The van der Waals surface area contributed by atoms with Gasteiger partial charge in [0.25, 0.3) is 0 Å². The van der Waals surface area contributed by atoms with E-state index in [1.54, 1.807) is 6.26 Å². The molecule has 1 aromatic carbocycles. The third-order valence-electron chi connectivity index (χ3n) is 2.90. The van der Waals surface area contributed by atoms with Crippen molar-refractivity contribution in [2.24, 2.45) is 0 Å². The highest BCUT2D eigenvalue weighted by atomic mass is 79.9. The first-order valence-corrected chi connectivity index (χ1v) is 7.18. The molecular weight excluding hydrogens is 306 g/mol. The first kappa shape index (κ1) is 14.2. The Balaban J connectivity index is 2.14. The quantitative estimate of drug-likeness (QED) is 0.861. The lowest BCUT2D eigenvalue weighted by Gasteiger charge is -2.17. The van der Waals surface area contributed by atoms with E-state index in [0.717, 1.165) is 28.1 Å². The molecule has 102 valence electrons. The van der Waals surface area contributed by atoms with Gasteiger partial charge in [-0.05, 0) is 37.7 Å². The van der Waals surface area contributed by atoms with Crippen LogP contribution in [-0.2, 0) is 6.61 Å². The van der Waals surface area contributed by atoms with Gasteiger partial charge in [0.1, 0.15) is 18.1 Å². The molecule has 0 aliphatic carbocycles. The van der Waals surface area contributed by atoms with Crippen molar-refractivity contribution < 1.29 is 9.15 Å². The van der Waals surface area contributed by atoms with E-state index in [9.17, 15) is 0 Å². The zero-order chi connectivity index (χ0) is 13.7. The van der Waals surface area contributed by atoms with Gasteiger partial charge in [-0.15, -0.1) is 0 Å². The molecule has 2 rings (SSSR count). The highest BCUT2D eigenvalue weighted by Gasteiger charge is 2.12. The Hall–Kier alpha value is -1.26. The molecule has 19 heavy (non-hydrogen) atoms. The average Bonchev–Trinajstić information content (AvgIpc) is 2.89. The maximum absolute atomic E-state index is 5.87. The van der Waals surface area contributed by atoms with Crippen LogP contribution in [0.1, 0.15) is 31.2 Å². The molecular formula is C15H18BrNO2. The van der Waals surface area contributed by atoms with Crippen molar-refractivity contribution in [1.82, 2.24) is 5.32 Å². The molecule has 4 heteroatoms. The minimum Gasteiger partial charge on any atom is -0.485 e. The lowest BCUT2D eigenvalue weighted by atomic mass is 10.1. The fraction of sp³-hybridized carbons (Fsp3) is 0.333. The number of nitrogens with one attached hydrogen (secondary N) is 1. The second-order valence-electron chi connectivity index (χ2n) is 4.33. The van der Waals surface area contributed by atoms with Crippen molar-refractivity contribution in [1.29, 1.82) is 0 Å². The smallest absolute Gasteiger partial charge is 0.146 e. The molecule has 1 unspecified atom stereocenters. The van der Waals surface area contributed by atoms with Crippen LogP contribution >= 0.6 is 15.9 Å². The largest absolute Gasteiger partial charge is 0.485 e. The number of ether oxygens (including phenoxy) is 1. The number of hydrogen-bond acceptors (Lipinski definition) is 3. The summed E-state index contributed by atoms with van der Waals surface area (Å²) in [5.41, 5.74) is 1.15. The summed E-state index contributed by atoms with van der Waals surface area (Å²) in [6.45, 7) is 5.59. The molecule has 0 bridgehead atoms. The van der Waals surface area contributed by atoms with Crippen molar-refractivity contribution >= 4 is 15.9 Å². The monoisotopic (exact) mass is 323 g/mol. The lowest BCUT2D eigenvalue weighted by Crippen LogP contribution is -2.18. The third kappa shape index (κ3) is 3.85. The summed E-state index contributed by atoms with van der Waals surface area (Å²) in [5, 5.41) is 3.40. The van der Waals surface area contributed by atoms with Crippen molar-refractivity contribution in [3.63, 3.8) is 0 Å². The maximum atomic E-state index is 5.87. The van der Waals surface area contributed by atoms with Crippen molar-refractivity contribution in [3.05, 3.63) is 52.4 Å². The van der Waals surface area contributed by atoms with E-state index in [2.05, 4.69) is 41.2 Å². The molecule has 0 spiro atoms. The van der Waals surface area contributed by atoms with E-state index < -0.39 is 0 Å². The summed E-state index contributed by atoms with van der Waals surface area (Å²) in [6.07, 6.45) is 1.65. The van der Waals surface area contributed by atoms with Crippen molar-refractivity contribution in [3.8, 4) is 5.75 Å². The Morgan fingerprint density at radius 1 is 1.37 bits per heavy atom. The zero-order valence-corrected chi connectivity index (χ0v) is 12.7. The number of benzene rings is 1. The molecule has 0 radical (unpaired) electrons. The minimum atomic E-state index is 0.254. The first-order valence-electron chi connectivity index (χ1n) is 6.38. The molecule has 0 aliphatic rings. The van der Waals surface area contributed by atoms with Crippen molar-refractivity contribution in [2.45, 2.75) is 26.5 Å². The summed E-state index contributed by atoms with van der Waals surface area (Å²) in [7, 11) is 0. The number of halogens is 1. The molecule has 1 atom stereocenters. The topological polar surface area (TPSA) is 34.4 Å². The molecule has 1 N–H and O–H groups in total. The number of rotatable bonds is 6. The van der Waals surface area contributed by atoms with E-state index in [4.69, 9.17) is 9.15 Å². The lowest BCUT2D eigenvalue weighted by molar-refractivity contribution is 0.265. The van der Waals surface area contributed by atoms with Crippen LogP contribution in [0.25, 0.3) is 0 Å². The van der Waals surface area contributed by atoms with Crippen LogP contribution in [-0.4, -0.2) is 6.54 Å². The summed E-state index contributed by atoms with van der Waals surface area (Å²) in [6, 6.07) is 10.1. The van der Waals surface area contributed by atoms with Crippen LogP contribution in [0.15, 0.2) is 45.5 Å². The molecule has 0 aliphatic heterocycles. The second-order valence-corrected chi connectivity index (χ2v) is 5.25. The Kier molecular flexibility index (Phi) is 5.05. The minimum absolute atomic E-state index is 0.254. The van der Waals surface area contributed by atoms with Gasteiger partial charge in [-0.25, -0.2) is 0 Å². The van der Waals surface area contributed by atoms with Crippen LogP contribution in [0.3, 0.4) is 0 Å². The Morgan fingerprint density at radius 2 is 2.21 bits per heavy atom. The van der Waals surface area contributed by atoms with E-state index in [0.29, 0.717) is 6.61 Å². The van der Waals surface area contributed by atoms with E-state index in [1.807, 2.05) is 24.3 Å². The first-order chi connectivity index (χ1) is 9.20. The van der Waals surface area contributed by atoms with Crippen LogP contribution < -0.4 is 10.1 Å².